The molecule has 1 heterocycles. The normalized spacial score (nSPS) is 10.2. The monoisotopic (exact) mass is 228 g/mol. The van der Waals surface area contributed by atoms with Gasteiger partial charge >= 0.3 is 0 Å². The average Bonchev–Trinajstić information content (AvgIpc) is 2.29. The van der Waals surface area contributed by atoms with Gasteiger partial charge in [0.2, 0.25) is 0 Å². The maximum atomic E-state index is 5.51. The van der Waals surface area contributed by atoms with Crippen LogP contribution in [0.2, 0.25) is 0 Å². The average molecular weight is 228 g/mol. The number of aryl methyl sites for hydroxylation is 1. The molecular weight excluding hydrogens is 212 g/mol. The summed E-state index contributed by atoms with van der Waals surface area (Å²) in [5.41, 5.74) is 8.03. The predicted molar refractivity (Wildman–Crippen MR) is 69.7 cm³/mol. The first-order valence-corrected chi connectivity index (χ1v) is 5.51. The summed E-state index contributed by atoms with van der Waals surface area (Å²) in [5.74, 6) is 1.26. The molecule has 0 saturated heterocycles. The second-order valence-electron chi connectivity index (χ2n) is 4.16. The summed E-state index contributed by atoms with van der Waals surface area (Å²) in [6.07, 6.45) is 0. The molecule has 0 spiro atoms. The molecule has 0 aliphatic heterocycles. The number of nitrogens with zero attached hydrogens (tertiary/aromatic N) is 3. The summed E-state index contributed by atoms with van der Waals surface area (Å²) in [4.78, 5) is 2.04. The zero-order valence-electron chi connectivity index (χ0n) is 10.1. The highest BCUT2D eigenvalue weighted by Gasteiger charge is 2.04. The van der Waals surface area contributed by atoms with E-state index in [4.69, 9.17) is 5.73 Å². The molecule has 0 saturated carbocycles. The Morgan fingerprint density at radius 3 is 2.65 bits per heavy atom. The molecule has 0 fully saturated rings. The van der Waals surface area contributed by atoms with Crippen LogP contribution >= 0.6 is 0 Å². The van der Waals surface area contributed by atoms with Crippen molar-refractivity contribution >= 4 is 11.6 Å². The van der Waals surface area contributed by atoms with E-state index in [0.717, 1.165) is 12.4 Å². The fourth-order valence-corrected chi connectivity index (χ4v) is 1.70. The standard InChI is InChI=1S/C13H16N4/c1-10-4-3-5-11(8-10)9-17(2)13-7-6-12(14)15-16-13/h3-8H,9H2,1-2H3,(H2,14,15). The second-order valence-corrected chi connectivity index (χ2v) is 4.16. The molecule has 0 amide bonds. The van der Waals surface area contributed by atoms with E-state index in [1.165, 1.54) is 11.1 Å². The van der Waals surface area contributed by atoms with E-state index in [0.29, 0.717) is 5.82 Å². The fourth-order valence-electron chi connectivity index (χ4n) is 1.70. The Hall–Kier alpha value is -2.10. The van der Waals surface area contributed by atoms with Gasteiger partial charge in [-0.1, -0.05) is 29.8 Å². The van der Waals surface area contributed by atoms with Crippen molar-refractivity contribution in [2.75, 3.05) is 17.7 Å². The summed E-state index contributed by atoms with van der Waals surface area (Å²) in [5, 5.41) is 7.89. The van der Waals surface area contributed by atoms with E-state index in [-0.39, 0.29) is 0 Å². The van der Waals surface area contributed by atoms with Crippen molar-refractivity contribution in [2.24, 2.45) is 0 Å². The van der Waals surface area contributed by atoms with Crippen LogP contribution in [0.4, 0.5) is 11.6 Å². The molecule has 0 aliphatic carbocycles. The number of benzene rings is 1. The molecule has 88 valence electrons. The first-order valence-electron chi connectivity index (χ1n) is 5.51. The third-order valence-electron chi connectivity index (χ3n) is 2.56. The van der Waals surface area contributed by atoms with E-state index in [1.54, 1.807) is 6.07 Å². The zero-order valence-corrected chi connectivity index (χ0v) is 10.1. The Bertz CT molecular complexity index is 493. The van der Waals surface area contributed by atoms with Gasteiger partial charge in [-0.15, -0.1) is 10.2 Å². The number of nitrogens with two attached hydrogens (primary N) is 1. The van der Waals surface area contributed by atoms with Gasteiger partial charge in [0, 0.05) is 13.6 Å². The molecule has 2 N–H and O–H groups in total. The molecule has 17 heavy (non-hydrogen) atoms. The number of hydrogen-bond donors (Lipinski definition) is 1. The summed E-state index contributed by atoms with van der Waals surface area (Å²) in [6.45, 7) is 2.90. The molecule has 0 radical (unpaired) electrons. The molecule has 4 heteroatoms. The van der Waals surface area contributed by atoms with Crippen molar-refractivity contribution in [1.82, 2.24) is 10.2 Å². The van der Waals surface area contributed by atoms with Crippen molar-refractivity contribution in [1.29, 1.82) is 0 Å². The number of hydrogen-bond acceptors (Lipinski definition) is 4. The van der Waals surface area contributed by atoms with Gasteiger partial charge in [0.1, 0.15) is 5.82 Å². The van der Waals surface area contributed by atoms with Crippen molar-refractivity contribution in [3.8, 4) is 0 Å². The van der Waals surface area contributed by atoms with Crippen LogP contribution in [-0.4, -0.2) is 17.2 Å². The third kappa shape index (κ3) is 2.93. The molecule has 4 nitrogen and oxygen atoms in total. The molecule has 1 aromatic heterocycles. The smallest absolute Gasteiger partial charge is 0.151 e. The lowest BCUT2D eigenvalue weighted by Crippen LogP contribution is -2.18. The van der Waals surface area contributed by atoms with Gasteiger partial charge in [-0.3, -0.25) is 0 Å². The molecule has 2 aromatic rings. The summed E-state index contributed by atoms with van der Waals surface area (Å²) < 4.78 is 0. The van der Waals surface area contributed by atoms with Gasteiger partial charge < -0.3 is 10.6 Å². The van der Waals surface area contributed by atoms with Crippen molar-refractivity contribution in [3.05, 3.63) is 47.5 Å². The van der Waals surface area contributed by atoms with Gasteiger partial charge in [0.25, 0.3) is 0 Å². The highest BCUT2D eigenvalue weighted by molar-refractivity contribution is 5.41. The van der Waals surface area contributed by atoms with Gasteiger partial charge in [-0.25, -0.2) is 0 Å². The van der Waals surface area contributed by atoms with Crippen LogP contribution in [0.15, 0.2) is 36.4 Å². The van der Waals surface area contributed by atoms with Gasteiger partial charge in [-0.05, 0) is 24.6 Å². The van der Waals surface area contributed by atoms with Crippen LogP contribution < -0.4 is 10.6 Å². The lowest BCUT2D eigenvalue weighted by Gasteiger charge is -2.17. The van der Waals surface area contributed by atoms with Crippen LogP contribution in [0.3, 0.4) is 0 Å². The van der Waals surface area contributed by atoms with E-state index < -0.39 is 0 Å². The van der Waals surface area contributed by atoms with E-state index in [2.05, 4.69) is 41.4 Å². The summed E-state index contributed by atoms with van der Waals surface area (Å²) >= 11 is 0. The predicted octanol–water partition coefficient (Wildman–Crippen LogP) is 2.00. The van der Waals surface area contributed by atoms with E-state index >= 15 is 0 Å². The molecule has 2 rings (SSSR count). The van der Waals surface area contributed by atoms with Crippen LogP contribution in [0.5, 0.6) is 0 Å². The topological polar surface area (TPSA) is 55.0 Å². The lowest BCUT2D eigenvalue weighted by molar-refractivity contribution is 0.868. The van der Waals surface area contributed by atoms with E-state index in [9.17, 15) is 0 Å². The molecule has 0 atom stereocenters. The maximum Gasteiger partial charge on any atom is 0.151 e. The maximum absolute atomic E-state index is 5.51. The highest BCUT2D eigenvalue weighted by Crippen LogP contribution is 2.13. The van der Waals surface area contributed by atoms with Gasteiger partial charge in [-0.2, -0.15) is 0 Å². The first kappa shape index (κ1) is 11.4. The Morgan fingerprint density at radius 1 is 1.18 bits per heavy atom. The Morgan fingerprint density at radius 2 is 2.00 bits per heavy atom. The van der Waals surface area contributed by atoms with Crippen LogP contribution in [0.25, 0.3) is 0 Å². The number of nitrogen functional groups attached to an aromatic ring is 1. The van der Waals surface area contributed by atoms with Gasteiger partial charge in [0.15, 0.2) is 5.82 Å². The summed E-state index contributed by atoms with van der Waals surface area (Å²) in [6, 6.07) is 12.1. The molecule has 0 aliphatic rings. The third-order valence-corrected chi connectivity index (χ3v) is 2.56. The Balaban J connectivity index is 2.11. The minimum atomic E-state index is 0.442. The number of rotatable bonds is 3. The Kier molecular flexibility index (Phi) is 3.23. The van der Waals surface area contributed by atoms with Crippen LogP contribution in [-0.2, 0) is 6.54 Å². The van der Waals surface area contributed by atoms with Crippen LogP contribution in [0, 0.1) is 6.92 Å². The molecule has 1 aromatic carbocycles. The Labute approximate surface area is 101 Å². The second kappa shape index (κ2) is 4.82. The van der Waals surface area contributed by atoms with E-state index in [1.807, 2.05) is 18.0 Å². The quantitative estimate of drug-likeness (QED) is 0.873. The SMILES string of the molecule is Cc1cccc(CN(C)c2ccc(N)nn2)c1. The molecule has 0 unspecified atom stereocenters. The fraction of sp³-hybridized carbons (Fsp3) is 0.231. The number of aromatic nitrogens is 2. The molecule has 0 bridgehead atoms. The summed E-state index contributed by atoms with van der Waals surface area (Å²) in [7, 11) is 1.99. The zero-order chi connectivity index (χ0) is 12.3. The minimum absolute atomic E-state index is 0.442. The highest BCUT2D eigenvalue weighted by atomic mass is 15.3. The van der Waals surface area contributed by atoms with Crippen molar-refractivity contribution < 1.29 is 0 Å². The minimum Gasteiger partial charge on any atom is -0.382 e. The molecular formula is C13H16N4. The van der Waals surface area contributed by atoms with Gasteiger partial charge in [0.05, 0.1) is 0 Å². The van der Waals surface area contributed by atoms with Crippen molar-refractivity contribution in [2.45, 2.75) is 13.5 Å². The van der Waals surface area contributed by atoms with Crippen molar-refractivity contribution in [3.63, 3.8) is 0 Å². The lowest BCUT2D eigenvalue weighted by atomic mass is 10.1. The largest absolute Gasteiger partial charge is 0.382 e. The first-order chi connectivity index (χ1) is 8.15. The number of anilines is 2. The van der Waals surface area contributed by atoms with Crippen LogP contribution in [0.1, 0.15) is 11.1 Å².